The van der Waals surface area contributed by atoms with Crippen LogP contribution >= 0.6 is 0 Å². The summed E-state index contributed by atoms with van der Waals surface area (Å²) in [6, 6.07) is -2.53. The number of hydrogen-bond donors (Lipinski definition) is 4. The molecule has 0 bridgehead atoms. The molecule has 0 saturated carbocycles. The molecule has 3 unspecified atom stereocenters. The van der Waals surface area contributed by atoms with Crippen LogP contribution in [0.25, 0.3) is 0 Å². The predicted octanol–water partition coefficient (Wildman–Crippen LogP) is -1.33. The lowest BCUT2D eigenvalue weighted by molar-refractivity contribution is -0.145. The quantitative estimate of drug-likeness (QED) is 0.451. The number of carbonyl (C=O) groups excluding carboxylic acids is 3. The molecule has 0 aromatic rings. The van der Waals surface area contributed by atoms with Crippen LogP contribution in [0.5, 0.6) is 0 Å². The molecule has 1 aliphatic rings. The van der Waals surface area contributed by atoms with Crippen molar-refractivity contribution in [2.45, 2.75) is 51.7 Å². The Labute approximate surface area is 140 Å². The number of carboxylic acid groups (broad SMARTS) is 1. The summed E-state index contributed by atoms with van der Waals surface area (Å²) in [6.07, 6.45) is 1.10. The van der Waals surface area contributed by atoms with Crippen molar-refractivity contribution in [3.63, 3.8) is 0 Å². The van der Waals surface area contributed by atoms with Crippen molar-refractivity contribution in [2.75, 3.05) is 13.1 Å². The normalized spacial score (nSPS) is 19.7. The Kier molecular flexibility index (Phi) is 7.15. The fourth-order valence-corrected chi connectivity index (χ4v) is 2.68. The molecule has 3 atom stereocenters. The molecule has 9 nitrogen and oxygen atoms in total. The molecule has 0 aliphatic carbocycles. The van der Waals surface area contributed by atoms with Gasteiger partial charge in [-0.15, -0.1) is 0 Å². The van der Waals surface area contributed by atoms with Gasteiger partial charge in [0.1, 0.15) is 18.1 Å². The second-order valence-electron chi connectivity index (χ2n) is 6.25. The van der Waals surface area contributed by atoms with Crippen LogP contribution in [0.2, 0.25) is 0 Å². The summed E-state index contributed by atoms with van der Waals surface area (Å²) in [6.45, 7) is 5.08. The molecule has 5 N–H and O–H groups in total. The minimum atomic E-state index is -1.11. The average molecular weight is 342 g/mol. The highest BCUT2D eigenvalue weighted by Gasteiger charge is 2.38. The number of rotatable bonds is 7. The molecule has 136 valence electrons. The van der Waals surface area contributed by atoms with Crippen LogP contribution in [0.3, 0.4) is 0 Å². The molecule has 1 saturated heterocycles. The Morgan fingerprint density at radius 1 is 1.21 bits per heavy atom. The summed E-state index contributed by atoms with van der Waals surface area (Å²) < 4.78 is 0. The van der Waals surface area contributed by atoms with E-state index in [0.29, 0.717) is 19.4 Å². The standard InChI is InChI=1S/C15H26N4O5/c1-8(2)12(15(23)24)18-13(21)10-5-4-6-19(10)14(22)9(3)17-11(20)7-16/h8-10,12H,4-7,16H2,1-3H3,(H,17,20)(H,18,21)(H,23,24). The number of nitrogens with zero attached hydrogens (tertiary/aromatic N) is 1. The van der Waals surface area contributed by atoms with Crippen molar-refractivity contribution >= 4 is 23.7 Å². The number of nitrogens with two attached hydrogens (primary N) is 1. The zero-order valence-corrected chi connectivity index (χ0v) is 14.2. The van der Waals surface area contributed by atoms with Crippen molar-refractivity contribution in [1.82, 2.24) is 15.5 Å². The molecule has 3 amide bonds. The predicted molar refractivity (Wildman–Crippen MR) is 85.8 cm³/mol. The highest BCUT2D eigenvalue weighted by atomic mass is 16.4. The van der Waals surface area contributed by atoms with Crippen molar-refractivity contribution in [1.29, 1.82) is 0 Å². The molecule has 9 heteroatoms. The molecule has 24 heavy (non-hydrogen) atoms. The second-order valence-corrected chi connectivity index (χ2v) is 6.25. The first kappa shape index (κ1) is 19.9. The van der Waals surface area contributed by atoms with Gasteiger partial charge in [-0.25, -0.2) is 4.79 Å². The summed E-state index contributed by atoms with van der Waals surface area (Å²) in [5.41, 5.74) is 5.20. The van der Waals surface area contributed by atoms with E-state index in [1.807, 2.05) is 0 Å². The zero-order chi connectivity index (χ0) is 18.4. The number of aliphatic carboxylic acids is 1. The highest BCUT2D eigenvalue weighted by Crippen LogP contribution is 2.19. The van der Waals surface area contributed by atoms with Crippen LogP contribution in [0.1, 0.15) is 33.6 Å². The van der Waals surface area contributed by atoms with Crippen molar-refractivity contribution in [2.24, 2.45) is 11.7 Å². The molecule has 0 radical (unpaired) electrons. The molecule has 1 heterocycles. The van der Waals surface area contributed by atoms with Gasteiger partial charge in [-0.1, -0.05) is 13.8 Å². The van der Waals surface area contributed by atoms with Gasteiger partial charge in [0.15, 0.2) is 0 Å². The molecule has 1 fully saturated rings. The van der Waals surface area contributed by atoms with Crippen molar-refractivity contribution < 1.29 is 24.3 Å². The highest BCUT2D eigenvalue weighted by molar-refractivity contribution is 5.93. The van der Waals surface area contributed by atoms with Crippen LogP contribution in [0.4, 0.5) is 0 Å². The fraction of sp³-hybridized carbons (Fsp3) is 0.733. The van der Waals surface area contributed by atoms with Crippen molar-refractivity contribution in [3.05, 3.63) is 0 Å². The average Bonchev–Trinajstić information content (AvgIpc) is 3.00. The van der Waals surface area contributed by atoms with Crippen LogP contribution in [0.15, 0.2) is 0 Å². The second kappa shape index (κ2) is 8.62. The molecule has 0 aromatic heterocycles. The van der Waals surface area contributed by atoms with Gasteiger partial charge in [0.25, 0.3) is 0 Å². The lowest BCUT2D eigenvalue weighted by atomic mass is 10.0. The van der Waals surface area contributed by atoms with Gasteiger partial charge >= 0.3 is 5.97 Å². The van der Waals surface area contributed by atoms with E-state index < -0.39 is 35.9 Å². The van der Waals surface area contributed by atoms with Crippen LogP contribution in [-0.2, 0) is 19.2 Å². The van der Waals surface area contributed by atoms with E-state index in [9.17, 15) is 24.3 Å². The summed E-state index contributed by atoms with van der Waals surface area (Å²) in [5, 5.41) is 14.1. The number of likely N-dealkylation sites (tertiary alicyclic amines) is 1. The number of carbonyl (C=O) groups is 4. The van der Waals surface area contributed by atoms with Gasteiger partial charge in [-0.3, -0.25) is 14.4 Å². The van der Waals surface area contributed by atoms with Gasteiger partial charge in [-0.05, 0) is 25.7 Å². The summed E-state index contributed by atoms with van der Waals surface area (Å²) in [7, 11) is 0. The lowest BCUT2D eigenvalue weighted by Crippen LogP contribution is -2.55. The van der Waals surface area contributed by atoms with E-state index in [1.54, 1.807) is 13.8 Å². The molecular formula is C15H26N4O5. The van der Waals surface area contributed by atoms with E-state index in [2.05, 4.69) is 10.6 Å². The van der Waals surface area contributed by atoms with E-state index in [4.69, 9.17) is 5.73 Å². The fourth-order valence-electron chi connectivity index (χ4n) is 2.68. The third-order valence-electron chi connectivity index (χ3n) is 4.00. The van der Waals surface area contributed by atoms with Gasteiger partial charge in [0.05, 0.1) is 6.54 Å². The third kappa shape index (κ3) is 4.92. The SMILES string of the molecule is CC(NC(=O)CN)C(=O)N1CCCC1C(=O)NC(C(=O)O)C(C)C. The number of hydrogen-bond acceptors (Lipinski definition) is 5. The molecule has 0 aromatic carbocycles. The maximum absolute atomic E-state index is 12.4. The molecule has 1 aliphatic heterocycles. The molecule has 0 spiro atoms. The number of nitrogens with one attached hydrogen (secondary N) is 2. The van der Waals surface area contributed by atoms with Gasteiger partial charge < -0.3 is 26.4 Å². The topological polar surface area (TPSA) is 142 Å². The Morgan fingerprint density at radius 3 is 2.33 bits per heavy atom. The molecule has 1 rings (SSSR count). The van der Waals surface area contributed by atoms with E-state index in [0.717, 1.165) is 0 Å². The Bertz CT molecular complexity index is 508. The lowest BCUT2D eigenvalue weighted by Gasteiger charge is -2.28. The minimum absolute atomic E-state index is 0.226. The largest absolute Gasteiger partial charge is 0.480 e. The van der Waals surface area contributed by atoms with E-state index in [-0.39, 0.29) is 18.4 Å². The first-order chi connectivity index (χ1) is 11.2. The monoisotopic (exact) mass is 342 g/mol. The summed E-state index contributed by atoms with van der Waals surface area (Å²) in [4.78, 5) is 48.7. The first-order valence-corrected chi connectivity index (χ1v) is 8.02. The summed E-state index contributed by atoms with van der Waals surface area (Å²) >= 11 is 0. The maximum atomic E-state index is 12.4. The Hall–Kier alpha value is -2.16. The number of amides is 3. The number of carboxylic acids is 1. The zero-order valence-electron chi connectivity index (χ0n) is 14.2. The maximum Gasteiger partial charge on any atom is 0.326 e. The van der Waals surface area contributed by atoms with Gasteiger partial charge in [0, 0.05) is 6.54 Å². The Balaban J connectivity index is 2.76. The van der Waals surface area contributed by atoms with E-state index in [1.165, 1.54) is 11.8 Å². The van der Waals surface area contributed by atoms with Crippen molar-refractivity contribution in [3.8, 4) is 0 Å². The van der Waals surface area contributed by atoms with E-state index >= 15 is 0 Å². The Morgan fingerprint density at radius 2 is 1.83 bits per heavy atom. The van der Waals surface area contributed by atoms with Gasteiger partial charge in [-0.2, -0.15) is 0 Å². The first-order valence-electron chi connectivity index (χ1n) is 8.02. The third-order valence-corrected chi connectivity index (χ3v) is 4.00. The van der Waals surface area contributed by atoms with Crippen LogP contribution < -0.4 is 16.4 Å². The van der Waals surface area contributed by atoms with Crippen LogP contribution in [0, 0.1) is 5.92 Å². The van der Waals surface area contributed by atoms with Gasteiger partial charge in [0.2, 0.25) is 17.7 Å². The summed E-state index contributed by atoms with van der Waals surface area (Å²) in [5.74, 6) is -2.72. The molecular weight excluding hydrogens is 316 g/mol. The minimum Gasteiger partial charge on any atom is -0.480 e. The van der Waals surface area contributed by atoms with Crippen LogP contribution in [-0.4, -0.2) is 64.9 Å². The smallest absolute Gasteiger partial charge is 0.326 e.